The number of rotatable bonds is 11. The molecule has 0 spiro atoms. The van der Waals surface area contributed by atoms with Crippen LogP contribution in [0.2, 0.25) is 0 Å². The molecule has 0 atom stereocenters. The van der Waals surface area contributed by atoms with Gasteiger partial charge in [-0.3, -0.25) is 4.79 Å². The predicted molar refractivity (Wildman–Crippen MR) is 192 cm³/mol. The lowest BCUT2D eigenvalue weighted by Gasteiger charge is -2.44. The van der Waals surface area contributed by atoms with Crippen LogP contribution in [0, 0.1) is 128 Å². The summed E-state index contributed by atoms with van der Waals surface area (Å²) in [4.78, 5) is 12.2. The van der Waals surface area contributed by atoms with Gasteiger partial charge in [-0.2, -0.15) is 0 Å². The van der Waals surface area contributed by atoms with Crippen molar-refractivity contribution in [2.75, 3.05) is 17.3 Å². The van der Waals surface area contributed by atoms with Gasteiger partial charge in [0.05, 0.1) is 0 Å². The van der Waals surface area contributed by atoms with Crippen molar-refractivity contribution in [3.05, 3.63) is 152 Å². The molecule has 0 N–H and O–H groups in total. The van der Waals surface area contributed by atoms with E-state index in [0.717, 1.165) is 11.3 Å². The largest absolute Gasteiger partial charge is 0.289 e. The number of carbonyl (C=O) groups excluding carboxylic acids is 1. The lowest BCUT2D eigenvalue weighted by molar-refractivity contribution is 0.102. The van der Waals surface area contributed by atoms with Crippen molar-refractivity contribution in [3.63, 3.8) is 0 Å². The first kappa shape index (κ1) is 50.4. The minimum Gasteiger partial charge on any atom is -0.289 e. The summed E-state index contributed by atoms with van der Waals surface area (Å²) < 4.78 is 294. The molecule has 0 saturated carbocycles. The van der Waals surface area contributed by atoms with E-state index >= 15 is 35.1 Å². The van der Waals surface area contributed by atoms with E-state index in [0.29, 0.717) is 17.6 Å². The lowest BCUT2D eigenvalue weighted by Crippen LogP contribution is -2.81. The number of ketones is 1. The highest BCUT2D eigenvalue weighted by Crippen LogP contribution is 2.31. The fraction of sp³-hybridized carbons (Fsp3) is 0.225. The van der Waals surface area contributed by atoms with Gasteiger partial charge in [-0.1, -0.05) is 58.0 Å². The Morgan fingerprint density at radius 3 is 0.794 bits per heavy atom. The first-order valence-corrected chi connectivity index (χ1v) is 19.4. The second kappa shape index (κ2) is 19.3. The van der Waals surface area contributed by atoms with Crippen molar-refractivity contribution in [1.82, 2.24) is 0 Å². The van der Waals surface area contributed by atoms with Crippen LogP contribution in [-0.4, -0.2) is 29.2 Å². The molecule has 0 fully saturated rings. The second-order valence-electron chi connectivity index (χ2n) is 14.5. The van der Waals surface area contributed by atoms with Crippen LogP contribution < -0.4 is 21.9 Å². The van der Waals surface area contributed by atoms with Gasteiger partial charge in [0.25, 0.3) is 0 Å². The van der Waals surface area contributed by atoms with Gasteiger partial charge in [0, 0.05) is 5.56 Å². The van der Waals surface area contributed by atoms with Crippen molar-refractivity contribution in [2.24, 2.45) is 11.8 Å². The van der Waals surface area contributed by atoms with Crippen molar-refractivity contribution in [1.29, 1.82) is 0 Å². The Balaban J connectivity index is 0.000000405. The molecule has 0 saturated heterocycles. The maximum absolute atomic E-state index is 15.4. The maximum Gasteiger partial charge on any atom is 0.211 e. The van der Waals surface area contributed by atoms with Gasteiger partial charge < -0.3 is 0 Å². The van der Waals surface area contributed by atoms with Crippen LogP contribution in [0.1, 0.15) is 38.1 Å². The Morgan fingerprint density at radius 1 is 0.381 bits per heavy atom. The van der Waals surface area contributed by atoms with Crippen LogP contribution >= 0.6 is 0 Å². The summed E-state index contributed by atoms with van der Waals surface area (Å²) in [5.74, 6) is -66.7. The monoisotopic (exact) mass is 944 g/mol. The lowest BCUT2D eigenvalue weighted by atomic mass is 9.12. The summed E-state index contributed by atoms with van der Waals surface area (Å²) in [5.41, 5.74) is -13.5. The molecule has 5 rings (SSSR count). The molecule has 63 heavy (non-hydrogen) atoms. The average Bonchev–Trinajstić information content (AvgIpc) is 3.23. The molecule has 0 heterocycles. The zero-order valence-electron chi connectivity index (χ0n) is 32.1. The molecule has 0 radical (unpaired) electrons. The molecule has 0 amide bonds. The molecule has 0 bridgehead atoms. The number of hydrogen-bond donors (Lipinski definition) is 0. The Morgan fingerprint density at radius 2 is 0.587 bits per heavy atom. The smallest absolute Gasteiger partial charge is 0.211 e. The van der Waals surface area contributed by atoms with Crippen LogP contribution in [0.5, 0.6) is 0 Å². The number of halogens is 20. The van der Waals surface area contributed by atoms with E-state index in [2.05, 4.69) is 27.7 Å². The molecule has 0 aliphatic carbocycles. The van der Waals surface area contributed by atoms with Crippen LogP contribution in [0.3, 0.4) is 0 Å². The summed E-state index contributed by atoms with van der Waals surface area (Å²) in [7, 11) is 0.235. The van der Waals surface area contributed by atoms with Gasteiger partial charge in [0.15, 0.2) is 75.6 Å². The van der Waals surface area contributed by atoms with Gasteiger partial charge in [0.2, 0.25) is 5.78 Å². The summed E-state index contributed by atoms with van der Waals surface area (Å²) in [6.07, 6.45) is -7.22. The molecule has 0 unspecified atom stereocenters. The van der Waals surface area contributed by atoms with E-state index in [1.165, 1.54) is 11.5 Å². The number of benzene rings is 5. The van der Waals surface area contributed by atoms with Crippen LogP contribution in [0.4, 0.5) is 87.8 Å². The highest BCUT2D eigenvalue weighted by Gasteiger charge is 2.52. The van der Waals surface area contributed by atoms with E-state index in [1.807, 2.05) is 30.3 Å². The highest BCUT2D eigenvalue weighted by molar-refractivity contribution is 7.97. The normalized spacial score (nSPS) is 11.9. The number of Topliss-reactive ketones (excluding diaryl/α,β-unsaturated/α-hetero) is 1. The van der Waals surface area contributed by atoms with Crippen LogP contribution in [0.25, 0.3) is 0 Å². The minimum atomic E-state index is -7.22. The van der Waals surface area contributed by atoms with Crippen molar-refractivity contribution < 1.29 is 92.6 Å². The Kier molecular flexibility index (Phi) is 15.4. The fourth-order valence-corrected chi connectivity index (χ4v) is 9.69. The first-order valence-electron chi connectivity index (χ1n) is 17.6. The molecule has 0 aromatic heterocycles. The summed E-state index contributed by atoms with van der Waals surface area (Å²) in [6, 6.07) is 9.69. The predicted octanol–water partition coefficient (Wildman–Crippen LogP) is 9.65. The Labute approximate surface area is 346 Å². The summed E-state index contributed by atoms with van der Waals surface area (Å²) in [5, 5.41) is 0. The molecule has 5 aromatic rings. The van der Waals surface area contributed by atoms with Gasteiger partial charge >= 0.3 is 0 Å². The average molecular weight is 944 g/mol. The van der Waals surface area contributed by atoms with Gasteiger partial charge in [-0.15, -0.1) is 21.9 Å². The molecular formula is C40H25BF20OS. The van der Waals surface area contributed by atoms with Gasteiger partial charge in [-0.05, 0) is 22.7 Å². The Hall–Kier alpha value is -5.22. The third-order valence-electron chi connectivity index (χ3n) is 9.28. The third-order valence-corrected chi connectivity index (χ3v) is 12.2. The minimum absolute atomic E-state index is 0.235. The third kappa shape index (κ3) is 8.85. The zero-order valence-corrected chi connectivity index (χ0v) is 32.9. The van der Waals surface area contributed by atoms with Crippen molar-refractivity contribution >= 4 is 44.7 Å². The van der Waals surface area contributed by atoms with E-state index in [9.17, 15) is 57.5 Å². The Bertz CT molecular complexity index is 2190. The topological polar surface area (TPSA) is 17.1 Å². The molecule has 0 aliphatic heterocycles. The van der Waals surface area contributed by atoms with Crippen molar-refractivity contribution in [3.8, 4) is 0 Å². The van der Waals surface area contributed by atoms with Crippen LogP contribution in [0.15, 0.2) is 30.3 Å². The van der Waals surface area contributed by atoms with E-state index in [-0.39, 0.29) is 10.9 Å². The maximum atomic E-state index is 15.4. The SMILES string of the molecule is CC(C)C[S+](CC(=O)c1ccccc1)CC(C)C.Fc1c(F)c(F)c([B-](c2c(F)c(F)c(F)c(F)c2F)(c2c(F)c(F)c(F)c(F)c2F)c2c(F)c(F)c(F)c(F)c2F)c(F)c1F. The first-order chi connectivity index (χ1) is 29.2. The number of carbonyl (C=O) groups is 1. The van der Waals surface area contributed by atoms with E-state index in [4.69, 9.17) is 0 Å². The van der Waals surface area contributed by atoms with Gasteiger partial charge in [-0.25, -0.2) is 87.8 Å². The molecule has 1 nitrogen and oxygen atoms in total. The zero-order chi connectivity index (χ0) is 47.9. The number of hydrogen-bond acceptors (Lipinski definition) is 1. The van der Waals surface area contributed by atoms with E-state index in [1.54, 1.807) is 0 Å². The quantitative estimate of drug-likeness (QED) is 0.0322. The van der Waals surface area contributed by atoms with E-state index < -0.39 is 144 Å². The molecule has 5 aromatic carbocycles. The second-order valence-corrected chi connectivity index (χ2v) is 16.6. The summed E-state index contributed by atoms with van der Waals surface area (Å²) in [6.45, 7) is 8.97. The van der Waals surface area contributed by atoms with Crippen LogP contribution in [-0.2, 0) is 10.9 Å². The van der Waals surface area contributed by atoms with Crippen molar-refractivity contribution in [2.45, 2.75) is 27.7 Å². The fourth-order valence-electron chi connectivity index (χ4n) is 6.90. The standard InChI is InChI=1S/C24BF20.C16H25OS/c26-5-1(6(27)14(35)21(42)13(5)34)25(2-7(28)15(36)22(43)16(37)8(2)29,3-9(30)17(38)23(44)18(39)10(3)31)4-11(32)19(40)24(45)20(41)12(4)33;1-13(2)10-18(11-14(3)4)12-16(17)15-8-6-5-7-9-15/h;5-9,13-14H,10-12H2,1-4H3/q-1;+1. The molecule has 23 heteroatoms. The van der Waals surface area contributed by atoms with Gasteiger partial charge in [0.1, 0.15) is 64.2 Å². The summed E-state index contributed by atoms with van der Waals surface area (Å²) >= 11 is 0. The highest BCUT2D eigenvalue weighted by atomic mass is 32.2. The molecule has 340 valence electrons. The molecule has 0 aliphatic rings. The molecular weight excluding hydrogens is 919 g/mol.